The lowest BCUT2D eigenvalue weighted by atomic mass is 9.97. The summed E-state index contributed by atoms with van der Waals surface area (Å²) in [6.07, 6.45) is 9.44. The second-order valence-corrected chi connectivity index (χ2v) is 7.19. The Balaban J connectivity index is 1.53. The lowest BCUT2D eigenvalue weighted by Gasteiger charge is -2.28. The van der Waals surface area contributed by atoms with Gasteiger partial charge in [0.2, 0.25) is 5.91 Å². The molecule has 0 saturated carbocycles. The maximum absolute atomic E-state index is 12.1. The monoisotopic (exact) mass is 369 g/mol. The minimum atomic E-state index is -0.660. The molecule has 0 aromatic heterocycles. The summed E-state index contributed by atoms with van der Waals surface area (Å²) in [6, 6.07) is 5.42. The molecule has 1 heterocycles. The van der Waals surface area contributed by atoms with Gasteiger partial charge in [-0.15, -0.1) is 0 Å². The lowest BCUT2D eigenvalue weighted by molar-refractivity contribution is -0.136. The summed E-state index contributed by atoms with van der Waals surface area (Å²) < 4.78 is 0. The molecular weight excluding hydrogens is 342 g/mol. The van der Waals surface area contributed by atoms with Crippen molar-refractivity contribution in [1.29, 1.82) is 0 Å². The summed E-state index contributed by atoms with van der Waals surface area (Å²) in [4.78, 5) is 37.6. The molecule has 0 fully saturated rings. The van der Waals surface area contributed by atoms with E-state index in [0.717, 1.165) is 43.4 Å². The Morgan fingerprint density at radius 1 is 1.07 bits per heavy atom. The highest BCUT2D eigenvalue weighted by molar-refractivity contribution is 6.39. The van der Waals surface area contributed by atoms with Gasteiger partial charge in [0, 0.05) is 31.4 Å². The van der Waals surface area contributed by atoms with Crippen LogP contribution in [0.15, 0.2) is 29.8 Å². The van der Waals surface area contributed by atoms with Crippen LogP contribution in [-0.4, -0.2) is 30.8 Å². The summed E-state index contributed by atoms with van der Waals surface area (Å²) in [5, 5.41) is 5.34. The van der Waals surface area contributed by atoms with Crippen LogP contribution in [0, 0.1) is 0 Å². The Bertz CT molecular complexity index is 770. The van der Waals surface area contributed by atoms with E-state index in [1.54, 1.807) is 17.9 Å². The number of anilines is 2. The van der Waals surface area contributed by atoms with Gasteiger partial charge in [0.1, 0.15) is 0 Å². The third-order valence-corrected chi connectivity index (χ3v) is 5.16. The van der Waals surface area contributed by atoms with E-state index in [1.807, 2.05) is 12.1 Å². The molecule has 2 aliphatic rings. The first-order valence-corrected chi connectivity index (χ1v) is 9.72. The van der Waals surface area contributed by atoms with E-state index < -0.39 is 11.8 Å². The zero-order valence-corrected chi connectivity index (χ0v) is 15.8. The summed E-state index contributed by atoms with van der Waals surface area (Å²) in [5.41, 5.74) is 3.84. The van der Waals surface area contributed by atoms with E-state index in [-0.39, 0.29) is 5.91 Å². The fraction of sp³-hybridized carbons (Fsp3) is 0.476. The molecule has 6 nitrogen and oxygen atoms in total. The minimum Gasteiger partial charge on any atom is -0.348 e. The molecule has 1 aromatic rings. The van der Waals surface area contributed by atoms with Crippen molar-refractivity contribution in [3.8, 4) is 0 Å². The van der Waals surface area contributed by atoms with E-state index in [0.29, 0.717) is 18.8 Å². The number of amides is 3. The molecule has 27 heavy (non-hydrogen) atoms. The van der Waals surface area contributed by atoms with Crippen LogP contribution in [0.4, 0.5) is 11.4 Å². The maximum Gasteiger partial charge on any atom is 0.313 e. The highest BCUT2D eigenvalue weighted by Crippen LogP contribution is 2.29. The predicted octanol–water partition coefficient (Wildman–Crippen LogP) is 2.93. The fourth-order valence-electron chi connectivity index (χ4n) is 3.74. The van der Waals surface area contributed by atoms with Crippen LogP contribution < -0.4 is 15.5 Å². The highest BCUT2D eigenvalue weighted by atomic mass is 16.2. The molecule has 1 aromatic carbocycles. The molecule has 1 aliphatic heterocycles. The summed E-state index contributed by atoms with van der Waals surface area (Å²) in [7, 11) is 0. The first-order chi connectivity index (χ1) is 13.0. The third kappa shape index (κ3) is 4.96. The van der Waals surface area contributed by atoms with Gasteiger partial charge in [-0.3, -0.25) is 14.4 Å². The maximum atomic E-state index is 12.1. The van der Waals surface area contributed by atoms with Crippen LogP contribution in [0.1, 0.15) is 51.0 Å². The van der Waals surface area contributed by atoms with Gasteiger partial charge in [-0.05, 0) is 68.7 Å². The predicted molar refractivity (Wildman–Crippen MR) is 106 cm³/mol. The third-order valence-electron chi connectivity index (χ3n) is 5.16. The molecule has 3 rings (SSSR count). The molecule has 6 heteroatoms. The van der Waals surface area contributed by atoms with Crippen LogP contribution in [0.2, 0.25) is 0 Å². The molecule has 0 bridgehead atoms. The molecule has 0 saturated heterocycles. The number of carbonyl (C=O) groups is 3. The standard InChI is InChI=1S/C21H27N3O3/c1-15(25)24-13-5-8-17-14-18(9-10-19(17)24)23-21(27)20(26)22-12-11-16-6-3-2-4-7-16/h6,9-10,14H,2-5,7-8,11-13H2,1H3,(H,22,26)(H,23,27). The van der Waals surface area contributed by atoms with E-state index in [9.17, 15) is 14.4 Å². The summed E-state index contributed by atoms with van der Waals surface area (Å²) in [6.45, 7) is 2.75. The number of fused-ring (bicyclic) bond motifs is 1. The van der Waals surface area contributed by atoms with Crippen LogP contribution in [-0.2, 0) is 20.8 Å². The van der Waals surface area contributed by atoms with Crippen LogP contribution >= 0.6 is 0 Å². The Kier molecular flexibility index (Phi) is 6.27. The van der Waals surface area contributed by atoms with Gasteiger partial charge >= 0.3 is 11.8 Å². The number of carbonyl (C=O) groups excluding carboxylic acids is 3. The van der Waals surface area contributed by atoms with Gasteiger partial charge in [0.25, 0.3) is 0 Å². The summed E-state index contributed by atoms with van der Waals surface area (Å²) in [5.74, 6) is -1.26. The summed E-state index contributed by atoms with van der Waals surface area (Å²) >= 11 is 0. The van der Waals surface area contributed by atoms with E-state index >= 15 is 0 Å². The van der Waals surface area contributed by atoms with Gasteiger partial charge in [0.15, 0.2) is 0 Å². The van der Waals surface area contributed by atoms with Crippen molar-refractivity contribution < 1.29 is 14.4 Å². The van der Waals surface area contributed by atoms with Gasteiger partial charge in [-0.25, -0.2) is 0 Å². The zero-order chi connectivity index (χ0) is 19.2. The van der Waals surface area contributed by atoms with Gasteiger partial charge < -0.3 is 15.5 Å². The molecule has 0 unspecified atom stereocenters. The Hall–Kier alpha value is -2.63. The number of hydrogen-bond donors (Lipinski definition) is 2. The van der Waals surface area contributed by atoms with Crippen molar-refractivity contribution in [1.82, 2.24) is 5.32 Å². The Morgan fingerprint density at radius 3 is 2.67 bits per heavy atom. The molecule has 0 atom stereocenters. The van der Waals surface area contributed by atoms with Crippen molar-refractivity contribution in [2.45, 2.75) is 51.9 Å². The van der Waals surface area contributed by atoms with E-state index in [1.165, 1.54) is 18.4 Å². The van der Waals surface area contributed by atoms with Gasteiger partial charge in [0.05, 0.1) is 0 Å². The number of allylic oxidation sites excluding steroid dienone is 1. The molecule has 144 valence electrons. The largest absolute Gasteiger partial charge is 0.348 e. The van der Waals surface area contributed by atoms with Gasteiger partial charge in [-0.1, -0.05) is 11.6 Å². The highest BCUT2D eigenvalue weighted by Gasteiger charge is 2.21. The van der Waals surface area contributed by atoms with Crippen molar-refractivity contribution in [2.75, 3.05) is 23.3 Å². The zero-order valence-electron chi connectivity index (χ0n) is 15.8. The fourth-order valence-corrected chi connectivity index (χ4v) is 3.74. The molecular formula is C21H27N3O3. The Labute approximate surface area is 160 Å². The van der Waals surface area contributed by atoms with Crippen LogP contribution in [0.25, 0.3) is 0 Å². The number of hydrogen-bond acceptors (Lipinski definition) is 3. The lowest BCUT2D eigenvalue weighted by Crippen LogP contribution is -2.36. The minimum absolute atomic E-state index is 0.0141. The van der Waals surface area contributed by atoms with Crippen LogP contribution in [0.5, 0.6) is 0 Å². The molecule has 2 N–H and O–H groups in total. The van der Waals surface area contributed by atoms with Crippen molar-refractivity contribution >= 4 is 29.1 Å². The number of rotatable bonds is 4. The van der Waals surface area contributed by atoms with Crippen molar-refractivity contribution in [3.63, 3.8) is 0 Å². The molecule has 0 radical (unpaired) electrons. The first-order valence-electron chi connectivity index (χ1n) is 9.72. The number of nitrogens with one attached hydrogen (secondary N) is 2. The average Bonchev–Trinajstić information content (AvgIpc) is 2.68. The quantitative estimate of drug-likeness (QED) is 0.633. The SMILES string of the molecule is CC(=O)N1CCCc2cc(NC(=O)C(=O)NCCC3=CCCCC3)ccc21. The average molecular weight is 369 g/mol. The second-order valence-electron chi connectivity index (χ2n) is 7.19. The van der Waals surface area contributed by atoms with Gasteiger partial charge in [-0.2, -0.15) is 0 Å². The van der Waals surface area contributed by atoms with Crippen molar-refractivity contribution in [2.24, 2.45) is 0 Å². The van der Waals surface area contributed by atoms with E-state index in [4.69, 9.17) is 0 Å². The number of benzene rings is 1. The molecule has 0 spiro atoms. The smallest absolute Gasteiger partial charge is 0.313 e. The number of aryl methyl sites for hydroxylation is 1. The Morgan fingerprint density at radius 2 is 1.93 bits per heavy atom. The topological polar surface area (TPSA) is 78.5 Å². The van der Waals surface area contributed by atoms with Crippen molar-refractivity contribution in [3.05, 3.63) is 35.4 Å². The van der Waals surface area contributed by atoms with E-state index in [2.05, 4.69) is 16.7 Å². The number of nitrogens with zero attached hydrogens (tertiary/aromatic N) is 1. The molecule has 3 amide bonds. The normalized spacial score (nSPS) is 16.2. The first kappa shape index (κ1) is 19.1. The van der Waals surface area contributed by atoms with Crippen LogP contribution in [0.3, 0.4) is 0 Å². The molecule has 1 aliphatic carbocycles. The second kappa shape index (κ2) is 8.84.